The second kappa shape index (κ2) is 24300. The van der Waals surface area contributed by atoms with Crippen LogP contribution in [0, 0.1) is 33.3 Å². The van der Waals surface area contributed by atoms with Crippen molar-refractivity contribution in [3.63, 3.8) is 0 Å². The van der Waals surface area contributed by atoms with Crippen LogP contribution in [0.3, 0.4) is 0 Å². The van der Waals surface area contributed by atoms with Gasteiger partial charge in [-0.05, 0) is 0 Å². The molecule has 0 amide bonds. The van der Waals surface area contributed by atoms with Gasteiger partial charge in [-0.1, -0.05) is 0 Å². The maximum absolute atomic E-state index is 7.50. The van der Waals surface area contributed by atoms with Gasteiger partial charge in [0.15, 0.2) is 0 Å². The molecule has 0 aromatic carbocycles. The van der Waals surface area contributed by atoms with Crippen LogP contribution in [0.4, 0.5) is 0 Å². The standard InChI is InChI=1S/5CO.Mn.Na/c5*1-2;;/q;;;;;;+1. The van der Waals surface area contributed by atoms with Crippen molar-refractivity contribution in [2.45, 2.75) is 0 Å². The molecule has 0 saturated heterocycles. The summed E-state index contributed by atoms with van der Waals surface area (Å²) < 4.78 is 37.5. The first-order chi connectivity index (χ1) is 5.00. The van der Waals surface area contributed by atoms with E-state index >= 15 is 0 Å². The van der Waals surface area contributed by atoms with Crippen LogP contribution in [-0.2, 0) is 40.3 Å². The fraction of sp³-hybridized carbons (Fsp3) is 0. The molecule has 0 N–H and O–H groups in total. The summed E-state index contributed by atoms with van der Waals surface area (Å²) in [5, 5.41) is 0. The van der Waals surface area contributed by atoms with Crippen LogP contribution in [0.2, 0.25) is 0 Å². The molecular weight excluding hydrogens is 218 g/mol. The quantitative estimate of drug-likeness (QED) is 0.232. The van der Waals surface area contributed by atoms with E-state index in [9.17, 15) is 0 Å². The molecule has 1 radical (unpaired) electrons. The van der Waals surface area contributed by atoms with Gasteiger partial charge in [0, 0.05) is 17.1 Å². The molecule has 0 unspecified atom stereocenters. The van der Waals surface area contributed by atoms with Crippen molar-refractivity contribution >= 4 is 0 Å². The molecule has 0 rings (SSSR count). The van der Waals surface area contributed by atoms with Gasteiger partial charge in [0.25, 0.3) is 0 Å². The van der Waals surface area contributed by atoms with Gasteiger partial charge in [0.2, 0.25) is 0 Å². The first-order valence-electron chi connectivity index (χ1n) is 1.02. The minimum atomic E-state index is 0. The summed E-state index contributed by atoms with van der Waals surface area (Å²) in [6, 6.07) is 0. The second-order valence-electron chi connectivity index (χ2n) is 0. The molecule has 0 fully saturated rings. The predicted octanol–water partition coefficient (Wildman–Crippen LogP) is -3.19. The number of hydrogen-bond acceptors (Lipinski definition) is 0. The average Bonchev–Trinajstić information content (AvgIpc) is 2.20. The molecule has 0 spiro atoms. The Morgan fingerprint density at radius 1 is 0.417 bits per heavy atom. The van der Waals surface area contributed by atoms with Crippen molar-refractivity contribution in [3.05, 3.63) is 33.3 Å². The summed E-state index contributed by atoms with van der Waals surface area (Å²) in [4.78, 5) is 0. The van der Waals surface area contributed by atoms with Crippen molar-refractivity contribution in [2.24, 2.45) is 0 Å². The maximum Gasteiger partial charge on any atom is 1.00 e. The Balaban J connectivity index is -0.00000000500. The monoisotopic (exact) mass is 218 g/mol. The smallest absolute Gasteiger partial charge is 0 e. The Kier molecular flexibility index (Phi) is 114000. The second-order valence-corrected chi connectivity index (χ2v) is 0. The zero-order chi connectivity index (χ0) is 10.0. The zero-order valence-electron chi connectivity index (χ0n) is 5.92. The largest absolute Gasteiger partial charge is 1.00 e. The van der Waals surface area contributed by atoms with E-state index in [1.54, 1.807) is 0 Å². The van der Waals surface area contributed by atoms with Gasteiger partial charge in [0.1, 0.15) is 0 Å². The molecule has 0 saturated carbocycles. The summed E-state index contributed by atoms with van der Waals surface area (Å²) in [5.41, 5.74) is 0. The predicted molar refractivity (Wildman–Crippen MR) is 19.6 cm³/mol. The van der Waals surface area contributed by atoms with E-state index in [-0.39, 0.29) is 46.6 Å². The van der Waals surface area contributed by atoms with E-state index < -0.39 is 0 Å². The van der Waals surface area contributed by atoms with Crippen LogP contribution < -0.4 is 29.6 Å². The molecule has 5 nitrogen and oxygen atoms in total. The van der Waals surface area contributed by atoms with E-state index in [2.05, 4.69) is 33.3 Å². The third-order valence-corrected chi connectivity index (χ3v) is 0. The third-order valence-electron chi connectivity index (χ3n) is 0. The molecule has 0 aromatic heterocycles. The van der Waals surface area contributed by atoms with Crippen LogP contribution in [0.25, 0.3) is 0 Å². The fourth-order valence-electron chi connectivity index (χ4n) is 0. The minimum absolute atomic E-state index is 0. The minimum Gasteiger partial charge on any atom is 0 e. The molecule has 0 atom stereocenters. The van der Waals surface area contributed by atoms with Crippen molar-refractivity contribution in [2.75, 3.05) is 0 Å². The molecule has 7 heteroatoms. The molecular formula is C5MnNaO5+. The molecule has 0 bridgehead atoms. The van der Waals surface area contributed by atoms with Gasteiger partial charge >= 0.3 is 86.1 Å². The number of hydrogen-bond donors (Lipinski definition) is 0. The van der Waals surface area contributed by atoms with Crippen LogP contribution >= 0.6 is 0 Å². The van der Waals surface area contributed by atoms with Crippen LogP contribution in [-0.4, -0.2) is 0 Å². The molecule has 0 heterocycles. The molecule has 0 aliphatic carbocycles. The van der Waals surface area contributed by atoms with E-state index in [1.165, 1.54) is 0 Å². The van der Waals surface area contributed by atoms with Gasteiger partial charge in [-0.25, -0.2) is 0 Å². The van der Waals surface area contributed by atoms with Crippen LogP contribution in [0.5, 0.6) is 0 Å². The SMILES string of the molecule is [C-]#[O+].[C-]#[O+].[C-]#[O+].[C-]#[O+].[C-]#[O+].[Mn].[Na+]. The first-order valence-corrected chi connectivity index (χ1v) is 1.02. The molecule has 57 valence electrons. The summed E-state index contributed by atoms with van der Waals surface area (Å²) >= 11 is 0. The van der Waals surface area contributed by atoms with Crippen molar-refractivity contribution in [1.29, 1.82) is 0 Å². The Hall–Kier alpha value is 0.219. The molecule has 12 heavy (non-hydrogen) atoms. The summed E-state index contributed by atoms with van der Waals surface area (Å²) in [7, 11) is 0. The third kappa shape index (κ3) is 18000. The van der Waals surface area contributed by atoms with Crippen LogP contribution in [0.15, 0.2) is 0 Å². The fourth-order valence-corrected chi connectivity index (χ4v) is 0. The number of rotatable bonds is 0. The van der Waals surface area contributed by atoms with Gasteiger partial charge in [-0.3, -0.25) is 0 Å². The summed E-state index contributed by atoms with van der Waals surface area (Å²) in [6.07, 6.45) is 0. The van der Waals surface area contributed by atoms with E-state index in [0.717, 1.165) is 0 Å². The van der Waals surface area contributed by atoms with Crippen molar-refractivity contribution < 1.29 is 69.9 Å². The Morgan fingerprint density at radius 2 is 0.417 bits per heavy atom. The zero-order valence-corrected chi connectivity index (χ0v) is 9.10. The van der Waals surface area contributed by atoms with E-state index in [0.29, 0.717) is 0 Å². The van der Waals surface area contributed by atoms with Gasteiger partial charge in [0.05, 0.1) is 0 Å². The van der Waals surface area contributed by atoms with Crippen LogP contribution in [0.1, 0.15) is 0 Å². The van der Waals surface area contributed by atoms with Gasteiger partial charge in [-0.15, -0.1) is 0 Å². The average molecular weight is 218 g/mol. The van der Waals surface area contributed by atoms with Crippen molar-refractivity contribution in [1.82, 2.24) is 0 Å². The maximum atomic E-state index is 7.50. The molecule has 0 aliphatic rings. The topological polar surface area (TPSA) is 99.5 Å². The Labute approximate surface area is 103 Å². The van der Waals surface area contributed by atoms with Gasteiger partial charge in [-0.2, -0.15) is 0 Å². The molecule has 0 aliphatic heterocycles. The normalized spacial score (nSPS) is 0.833. The van der Waals surface area contributed by atoms with Gasteiger partial charge < -0.3 is 0 Å². The van der Waals surface area contributed by atoms with Crippen molar-refractivity contribution in [3.8, 4) is 0 Å². The summed E-state index contributed by atoms with van der Waals surface area (Å²) in [5.74, 6) is 0. The summed E-state index contributed by atoms with van der Waals surface area (Å²) in [6.45, 7) is 22.5. The Morgan fingerprint density at radius 3 is 0.417 bits per heavy atom. The van der Waals surface area contributed by atoms with E-state index in [1.807, 2.05) is 0 Å². The Bertz CT molecular complexity index is 78.4. The first kappa shape index (κ1) is 56.5. The molecule has 0 aromatic rings. The van der Waals surface area contributed by atoms with E-state index in [4.69, 9.17) is 23.3 Å².